The standard InChI is InChI=1S/C28H36BNO4/c1-6-19-28(25(31)32,20-13-14-21-29-33-26(2,3)27(4,5)34-29)30-24(22-15-9-7-10-16-22)23-17-11-8-12-18-23/h6-12,15-18H,1,13-14,19-21H2,2-5H3,(H,31,32). The van der Waals surface area contributed by atoms with Gasteiger partial charge in [0.2, 0.25) is 0 Å². The van der Waals surface area contributed by atoms with E-state index in [2.05, 4.69) is 6.58 Å². The van der Waals surface area contributed by atoms with Gasteiger partial charge in [-0.2, -0.15) is 0 Å². The second kappa shape index (κ2) is 10.7. The van der Waals surface area contributed by atoms with Crippen molar-refractivity contribution in [2.75, 3.05) is 0 Å². The predicted octanol–water partition coefficient (Wildman–Crippen LogP) is 6.19. The molecule has 6 heteroatoms. The minimum Gasteiger partial charge on any atom is -0.479 e. The van der Waals surface area contributed by atoms with Crippen LogP contribution in [0.4, 0.5) is 0 Å². The van der Waals surface area contributed by atoms with Crippen LogP contribution in [0.15, 0.2) is 78.3 Å². The molecule has 3 rings (SSSR count). The molecule has 34 heavy (non-hydrogen) atoms. The quantitative estimate of drug-likeness (QED) is 0.188. The van der Waals surface area contributed by atoms with Gasteiger partial charge in [0.05, 0.1) is 16.9 Å². The number of hydrogen-bond acceptors (Lipinski definition) is 4. The summed E-state index contributed by atoms with van der Waals surface area (Å²) < 4.78 is 12.2. The maximum atomic E-state index is 12.6. The van der Waals surface area contributed by atoms with E-state index in [1.807, 2.05) is 88.4 Å². The monoisotopic (exact) mass is 461 g/mol. The summed E-state index contributed by atoms with van der Waals surface area (Å²) in [6, 6.07) is 19.5. The first-order valence-corrected chi connectivity index (χ1v) is 12.0. The van der Waals surface area contributed by atoms with E-state index in [0.717, 1.165) is 17.5 Å². The normalized spacial score (nSPS) is 18.2. The number of carboxylic acids is 1. The second-order valence-electron chi connectivity index (χ2n) is 9.95. The molecule has 1 unspecified atom stereocenters. The molecule has 0 saturated carbocycles. The van der Waals surface area contributed by atoms with Gasteiger partial charge in [-0.05, 0) is 40.4 Å². The van der Waals surface area contributed by atoms with Crippen LogP contribution in [0.5, 0.6) is 0 Å². The summed E-state index contributed by atoms with van der Waals surface area (Å²) in [5.41, 5.74) is 0.433. The van der Waals surface area contributed by atoms with E-state index in [0.29, 0.717) is 24.9 Å². The summed E-state index contributed by atoms with van der Waals surface area (Å²) in [6.07, 6.45) is 4.48. The molecule has 1 atom stereocenters. The molecule has 1 aliphatic rings. The van der Waals surface area contributed by atoms with Crippen LogP contribution >= 0.6 is 0 Å². The molecule has 1 N–H and O–H groups in total. The molecular formula is C28H36BNO4. The van der Waals surface area contributed by atoms with E-state index in [4.69, 9.17) is 14.3 Å². The number of hydrogen-bond donors (Lipinski definition) is 1. The number of benzene rings is 2. The van der Waals surface area contributed by atoms with E-state index in [-0.39, 0.29) is 24.7 Å². The third-order valence-corrected chi connectivity index (χ3v) is 6.88. The van der Waals surface area contributed by atoms with Gasteiger partial charge in [0, 0.05) is 17.5 Å². The summed E-state index contributed by atoms with van der Waals surface area (Å²) >= 11 is 0. The van der Waals surface area contributed by atoms with Gasteiger partial charge in [0.25, 0.3) is 0 Å². The van der Waals surface area contributed by atoms with Gasteiger partial charge in [-0.25, -0.2) is 4.79 Å². The van der Waals surface area contributed by atoms with Crippen LogP contribution in [0, 0.1) is 0 Å². The molecule has 0 spiro atoms. The van der Waals surface area contributed by atoms with Crippen LogP contribution in [-0.2, 0) is 14.1 Å². The van der Waals surface area contributed by atoms with E-state index >= 15 is 0 Å². The van der Waals surface area contributed by atoms with Crippen molar-refractivity contribution in [1.29, 1.82) is 0 Å². The average Bonchev–Trinajstić information content (AvgIpc) is 3.01. The fourth-order valence-electron chi connectivity index (χ4n) is 4.20. The molecule has 1 aliphatic heterocycles. The lowest BCUT2D eigenvalue weighted by Gasteiger charge is -2.32. The van der Waals surface area contributed by atoms with Gasteiger partial charge in [-0.1, -0.05) is 79.6 Å². The van der Waals surface area contributed by atoms with Gasteiger partial charge < -0.3 is 14.4 Å². The van der Waals surface area contributed by atoms with Gasteiger partial charge in [-0.15, -0.1) is 6.58 Å². The summed E-state index contributed by atoms with van der Waals surface area (Å²) in [5.74, 6) is -0.938. The van der Waals surface area contributed by atoms with Crippen LogP contribution in [-0.4, -0.2) is 40.6 Å². The molecule has 0 aromatic heterocycles. The number of rotatable bonds is 11. The first-order chi connectivity index (χ1) is 16.1. The molecule has 1 saturated heterocycles. The molecular weight excluding hydrogens is 425 g/mol. The highest BCUT2D eigenvalue weighted by molar-refractivity contribution is 6.45. The van der Waals surface area contributed by atoms with Crippen LogP contribution in [0.2, 0.25) is 6.32 Å². The summed E-state index contributed by atoms with van der Waals surface area (Å²) in [7, 11) is -0.281. The van der Waals surface area contributed by atoms with Crippen molar-refractivity contribution < 1.29 is 19.2 Å². The Kier molecular flexibility index (Phi) is 8.16. The van der Waals surface area contributed by atoms with Crippen molar-refractivity contribution in [3.8, 4) is 0 Å². The SMILES string of the molecule is C=CCC(CCCCB1OC(C)(C)C(C)(C)O1)(N=C(c1ccccc1)c1ccccc1)C(=O)O. The fourth-order valence-corrected chi connectivity index (χ4v) is 4.20. The van der Waals surface area contributed by atoms with Crippen LogP contribution in [0.3, 0.4) is 0 Å². The lowest BCUT2D eigenvalue weighted by molar-refractivity contribution is -0.143. The molecule has 1 fully saturated rings. The lowest BCUT2D eigenvalue weighted by Crippen LogP contribution is -2.41. The van der Waals surface area contributed by atoms with E-state index in [1.54, 1.807) is 6.08 Å². The predicted molar refractivity (Wildman–Crippen MR) is 138 cm³/mol. The smallest absolute Gasteiger partial charge is 0.457 e. The Balaban J connectivity index is 1.83. The van der Waals surface area contributed by atoms with E-state index in [9.17, 15) is 9.90 Å². The summed E-state index contributed by atoms with van der Waals surface area (Å²) in [5, 5.41) is 10.3. The molecule has 0 amide bonds. The molecule has 1 heterocycles. The van der Waals surface area contributed by atoms with Crippen molar-refractivity contribution >= 4 is 18.8 Å². The first-order valence-electron chi connectivity index (χ1n) is 12.0. The number of aliphatic carboxylic acids is 1. The largest absolute Gasteiger partial charge is 0.479 e. The van der Waals surface area contributed by atoms with Crippen LogP contribution < -0.4 is 0 Å². The van der Waals surface area contributed by atoms with Crippen molar-refractivity contribution in [3.63, 3.8) is 0 Å². The Morgan fingerprint density at radius 3 is 1.91 bits per heavy atom. The van der Waals surface area contributed by atoms with Crippen LogP contribution in [0.25, 0.3) is 0 Å². The van der Waals surface area contributed by atoms with Crippen molar-refractivity contribution in [2.24, 2.45) is 4.99 Å². The Labute approximate surface area is 204 Å². The third-order valence-electron chi connectivity index (χ3n) is 6.88. The number of unbranched alkanes of at least 4 members (excludes halogenated alkanes) is 1. The molecule has 180 valence electrons. The molecule has 0 aliphatic carbocycles. The number of aliphatic imine (C=N–C) groups is 1. The molecule has 2 aromatic rings. The van der Waals surface area contributed by atoms with Gasteiger partial charge in [0.1, 0.15) is 0 Å². The van der Waals surface area contributed by atoms with Crippen molar-refractivity contribution in [3.05, 3.63) is 84.4 Å². The highest BCUT2D eigenvalue weighted by atomic mass is 16.7. The highest BCUT2D eigenvalue weighted by Crippen LogP contribution is 2.38. The maximum Gasteiger partial charge on any atom is 0.457 e. The zero-order valence-corrected chi connectivity index (χ0v) is 20.8. The van der Waals surface area contributed by atoms with Crippen molar-refractivity contribution in [2.45, 2.75) is 76.4 Å². The topological polar surface area (TPSA) is 68.1 Å². The molecule has 5 nitrogen and oxygen atoms in total. The summed E-state index contributed by atoms with van der Waals surface area (Å²) in [4.78, 5) is 17.6. The van der Waals surface area contributed by atoms with Crippen molar-refractivity contribution in [1.82, 2.24) is 0 Å². The molecule has 0 bridgehead atoms. The minimum absolute atomic E-state index is 0.252. The first kappa shape index (κ1) is 25.9. The summed E-state index contributed by atoms with van der Waals surface area (Å²) in [6.45, 7) is 12.0. The van der Waals surface area contributed by atoms with E-state index < -0.39 is 11.5 Å². The van der Waals surface area contributed by atoms with Crippen LogP contribution in [0.1, 0.15) is 64.5 Å². The van der Waals surface area contributed by atoms with Gasteiger partial charge >= 0.3 is 13.1 Å². The number of carbonyl (C=O) groups is 1. The second-order valence-corrected chi connectivity index (χ2v) is 9.95. The van der Waals surface area contributed by atoms with Gasteiger partial charge in [-0.3, -0.25) is 4.99 Å². The molecule has 2 aromatic carbocycles. The van der Waals surface area contributed by atoms with Gasteiger partial charge in [0.15, 0.2) is 5.54 Å². The molecule has 0 radical (unpaired) electrons. The lowest BCUT2D eigenvalue weighted by atomic mass is 9.80. The van der Waals surface area contributed by atoms with E-state index in [1.165, 1.54) is 0 Å². The zero-order chi connectivity index (χ0) is 24.8. The maximum absolute atomic E-state index is 12.6. The number of carboxylic acid groups (broad SMARTS) is 1. The zero-order valence-electron chi connectivity index (χ0n) is 20.8. The minimum atomic E-state index is -1.29. The fraction of sp³-hybridized carbons (Fsp3) is 0.429. The average molecular weight is 461 g/mol. The Morgan fingerprint density at radius 1 is 0.971 bits per heavy atom. The number of nitrogens with zero attached hydrogens (tertiary/aromatic N) is 1. The third kappa shape index (κ3) is 5.86. The Hall–Kier alpha value is -2.70. The highest BCUT2D eigenvalue weighted by Gasteiger charge is 2.50. The Bertz CT molecular complexity index is 946. The Morgan fingerprint density at radius 2 is 1.47 bits per heavy atom.